The molecule has 1 aliphatic heterocycles. The monoisotopic (exact) mass is 725 g/mol. The number of fused-ring (bicyclic) bond motifs is 6. The van der Waals surface area contributed by atoms with Gasteiger partial charge in [0.25, 0.3) is 0 Å². The summed E-state index contributed by atoms with van der Waals surface area (Å²) in [5, 5.41) is 4.61. The highest BCUT2D eigenvalue weighted by molar-refractivity contribution is 6.18. The molecule has 0 amide bonds. The maximum atomic E-state index is 6.71. The molecule has 56 heavy (non-hydrogen) atoms. The van der Waals surface area contributed by atoms with E-state index in [2.05, 4.69) is 172 Å². The molecule has 2 atom stereocenters. The number of benzene rings is 7. The highest BCUT2D eigenvalue weighted by Gasteiger charge is 2.27. The van der Waals surface area contributed by atoms with Crippen LogP contribution in [-0.2, 0) is 0 Å². The molecular weight excluding hydrogens is 683 g/mol. The Morgan fingerprint density at radius 2 is 1.18 bits per heavy atom. The van der Waals surface area contributed by atoms with E-state index < -0.39 is 0 Å². The molecule has 3 heterocycles. The summed E-state index contributed by atoms with van der Waals surface area (Å²) < 4.78 is 13.0. The summed E-state index contributed by atoms with van der Waals surface area (Å²) >= 11 is 0. The smallest absolute Gasteiger partial charge is 0.143 e. The quantitative estimate of drug-likeness (QED) is 0.171. The van der Waals surface area contributed by atoms with Crippen LogP contribution in [0, 0.1) is 5.92 Å². The van der Waals surface area contributed by atoms with Crippen LogP contribution in [-0.4, -0.2) is 5.71 Å². The SMILES string of the molecule is CCC1CC(c2ccccc2)/N=C(/c2ccccc2-c2ccc(-c3ccccc3)c3oc4ccccc4c23)CC/C(C)=C/1c1ccc2oc3ccccc3c2c1. The van der Waals surface area contributed by atoms with Crippen molar-refractivity contribution in [1.82, 2.24) is 0 Å². The predicted octanol–water partition coefficient (Wildman–Crippen LogP) is 15.0. The third kappa shape index (κ3) is 5.95. The fraction of sp³-hybridized carbons (Fsp3) is 0.151. The normalized spacial score (nSPS) is 18.9. The lowest BCUT2D eigenvalue weighted by Crippen LogP contribution is -2.11. The van der Waals surface area contributed by atoms with Gasteiger partial charge in [0.15, 0.2) is 0 Å². The van der Waals surface area contributed by atoms with Crippen LogP contribution in [0.1, 0.15) is 62.3 Å². The Kier molecular flexibility index (Phi) is 8.71. The second-order valence-electron chi connectivity index (χ2n) is 15.2. The Labute approximate surface area is 327 Å². The van der Waals surface area contributed by atoms with E-state index in [4.69, 9.17) is 13.8 Å². The molecule has 0 saturated carbocycles. The van der Waals surface area contributed by atoms with Crippen LogP contribution < -0.4 is 0 Å². The molecule has 0 aliphatic carbocycles. The number of para-hydroxylation sites is 2. The van der Waals surface area contributed by atoms with Crippen molar-refractivity contribution in [2.45, 2.75) is 45.6 Å². The molecule has 1 aliphatic rings. The van der Waals surface area contributed by atoms with Crippen LogP contribution in [0.3, 0.4) is 0 Å². The van der Waals surface area contributed by atoms with Gasteiger partial charge in [-0.1, -0.05) is 146 Å². The standard InChI is InChI=1S/C53H43NO2/c1-3-35-33-47(37-18-8-5-9-19-37)54-46(30-26-34(2)51(35)38-27-31-50-45(32-38)42-22-12-14-24-48(42)55-50)41-21-11-10-20-40(41)43-29-28-39(36-16-6-4-7-17-36)53-52(43)44-23-13-15-25-49(44)56-53/h4-25,27-29,31-32,35,47H,3,26,30,33H2,1-2H3/b51-34-,54-46+. The molecule has 0 radical (unpaired) electrons. The van der Waals surface area contributed by atoms with Crippen molar-refractivity contribution in [3.8, 4) is 22.3 Å². The minimum atomic E-state index is -0.00109. The van der Waals surface area contributed by atoms with Crippen LogP contribution >= 0.6 is 0 Å². The molecule has 0 saturated heterocycles. The number of furan rings is 2. The van der Waals surface area contributed by atoms with Gasteiger partial charge in [0.1, 0.15) is 22.3 Å². The molecule has 0 bridgehead atoms. The molecule has 10 rings (SSSR count). The number of hydrogen-bond donors (Lipinski definition) is 0. The third-order valence-corrected chi connectivity index (χ3v) is 11.9. The number of hydrogen-bond acceptors (Lipinski definition) is 3. The zero-order chi connectivity index (χ0) is 37.6. The number of aliphatic imine (C=N–C) groups is 1. The van der Waals surface area contributed by atoms with E-state index in [1.807, 2.05) is 6.07 Å². The summed E-state index contributed by atoms with van der Waals surface area (Å²) in [6.07, 6.45) is 3.70. The van der Waals surface area contributed by atoms with Crippen molar-refractivity contribution in [3.05, 3.63) is 186 Å². The van der Waals surface area contributed by atoms with Crippen molar-refractivity contribution < 1.29 is 8.83 Å². The van der Waals surface area contributed by atoms with E-state index in [0.717, 1.165) is 75.6 Å². The number of rotatable bonds is 6. The fourth-order valence-corrected chi connectivity index (χ4v) is 9.19. The van der Waals surface area contributed by atoms with Crippen LogP contribution in [0.15, 0.2) is 183 Å². The summed E-state index contributed by atoms with van der Waals surface area (Å²) in [6, 6.07) is 58.5. The average Bonchev–Trinajstić information content (AvgIpc) is 3.85. The average molecular weight is 726 g/mol. The van der Waals surface area contributed by atoms with Crippen molar-refractivity contribution in [2.75, 3.05) is 0 Å². The molecule has 0 N–H and O–H groups in total. The van der Waals surface area contributed by atoms with Gasteiger partial charge in [-0.2, -0.15) is 0 Å². The van der Waals surface area contributed by atoms with E-state index in [1.165, 1.54) is 49.7 Å². The van der Waals surface area contributed by atoms with Gasteiger partial charge < -0.3 is 8.83 Å². The van der Waals surface area contributed by atoms with E-state index in [0.29, 0.717) is 5.92 Å². The van der Waals surface area contributed by atoms with E-state index in [1.54, 1.807) is 0 Å². The van der Waals surface area contributed by atoms with Gasteiger partial charge in [-0.05, 0) is 102 Å². The largest absolute Gasteiger partial charge is 0.456 e. The fourth-order valence-electron chi connectivity index (χ4n) is 9.19. The Morgan fingerprint density at radius 1 is 0.536 bits per heavy atom. The van der Waals surface area contributed by atoms with Crippen LogP contribution in [0.2, 0.25) is 0 Å². The molecule has 3 nitrogen and oxygen atoms in total. The predicted molar refractivity (Wildman–Crippen MR) is 234 cm³/mol. The zero-order valence-electron chi connectivity index (χ0n) is 31.8. The second-order valence-corrected chi connectivity index (χ2v) is 15.2. The van der Waals surface area contributed by atoms with Crippen LogP contribution in [0.5, 0.6) is 0 Å². The van der Waals surface area contributed by atoms with Crippen molar-refractivity contribution in [1.29, 1.82) is 0 Å². The second kappa shape index (κ2) is 14.3. The maximum Gasteiger partial charge on any atom is 0.143 e. The van der Waals surface area contributed by atoms with Gasteiger partial charge in [0, 0.05) is 38.4 Å². The van der Waals surface area contributed by atoms with Crippen molar-refractivity contribution in [3.63, 3.8) is 0 Å². The maximum absolute atomic E-state index is 6.71. The van der Waals surface area contributed by atoms with Crippen molar-refractivity contribution >= 4 is 55.2 Å². The Hall–Kier alpha value is -6.45. The molecule has 3 heteroatoms. The highest BCUT2D eigenvalue weighted by atomic mass is 16.3. The number of allylic oxidation sites excluding steroid dienone is 2. The molecular formula is C53H43NO2. The van der Waals surface area contributed by atoms with E-state index >= 15 is 0 Å². The topological polar surface area (TPSA) is 38.6 Å². The van der Waals surface area contributed by atoms with Gasteiger partial charge in [-0.3, -0.25) is 4.99 Å². The first kappa shape index (κ1) is 34.1. The first-order valence-electron chi connectivity index (χ1n) is 20.0. The molecule has 0 spiro atoms. The van der Waals surface area contributed by atoms with Gasteiger partial charge in [-0.15, -0.1) is 0 Å². The molecule has 2 aromatic heterocycles. The molecule has 7 aromatic carbocycles. The lowest BCUT2D eigenvalue weighted by atomic mass is 9.81. The third-order valence-electron chi connectivity index (χ3n) is 11.9. The van der Waals surface area contributed by atoms with Gasteiger partial charge in [-0.25, -0.2) is 0 Å². The highest BCUT2D eigenvalue weighted by Crippen LogP contribution is 2.45. The number of nitrogens with zero attached hydrogens (tertiary/aromatic N) is 1. The minimum Gasteiger partial charge on any atom is -0.456 e. The van der Waals surface area contributed by atoms with Crippen LogP contribution in [0.25, 0.3) is 71.7 Å². The molecule has 2 unspecified atom stereocenters. The molecule has 0 fully saturated rings. The summed E-state index contributed by atoms with van der Waals surface area (Å²) in [5.41, 5.74) is 16.0. The summed E-state index contributed by atoms with van der Waals surface area (Å²) in [6.45, 7) is 4.69. The first-order chi connectivity index (χ1) is 27.6. The van der Waals surface area contributed by atoms with E-state index in [-0.39, 0.29) is 6.04 Å². The zero-order valence-corrected chi connectivity index (χ0v) is 31.8. The lowest BCUT2D eigenvalue weighted by molar-refractivity contribution is 0.516. The minimum absolute atomic E-state index is 0.00109. The summed E-state index contributed by atoms with van der Waals surface area (Å²) in [4.78, 5) is 5.81. The van der Waals surface area contributed by atoms with E-state index in [9.17, 15) is 0 Å². The van der Waals surface area contributed by atoms with Gasteiger partial charge in [0.2, 0.25) is 0 Å². The first-order valence-corrected chi connectivity index (χ1v) is 20.0. The Morgan fingerprint density at radius 3 is 1.96 bits per heavy atom. The Bertz CT molecular complexity index is 2940. The summed E-state index contributed by atoms with van der Waals surface area (Å²) in [5.74, 6) is 0.330. The molecule has 272 valence electrons. The lowest BCUT2D eigenvalue weighted by Gasteiger charge is -2.25. The van der Waals surface area contributed by atoms with Gasteiger partial charge >= 0.3 is 0 Å². The molecule has 9 aromatic rings. The van der Waals surface area contributed by atoms with Crippen molar-refractivity contribution in [2.24, 2.45) is 10.9 Å². The summed E-state index contributed by atoms with van der Waals surface area (Å²) in [7, 11) is 0. The van der Waals surface area contributed by atoms with Gasteiger partial charge in [0.05, 0.1) is 6.04 Å². The van der Waals surface area contributed by atoms with Crippen LogP contribution in [0.4, 0.5) is 0 Å². The Balaban J connectivity index is 1.14.